The first kappa shape index (κ1) is 16.1. The van der Waals surface area contributed by atoms with Crippen LogP contribution in [-0.2, 0) is 0 Å². The molecular formula is C16H21BrN4O2. The molecule has 2 aromatic rings. The second-order valence-electron chi connectivity index (χ2n) is 5.99. The van der Waals surface area contributed by atoms with E-state index in [9.17, 15) is 10.2 Å². The van der Waals surface area contributed by atoms with Crippen LogP contribution < -0.4 is 10.2 Å². The number of aromatic nitrogens is 2. The average Bonchev–Trinajstić information content (AvgIpc) is 2.97. The number of aromatic hydroxyl groups is 2. The molecule has 1 aliphatic rings. The Bertz CT molecular complexity index is 708. The van der Waals surface area contributed by atoms with E-state index in [0.29, 0.717) is 10.0 Å². The average molecular weight is 381 g/mol. The number of anilines is 1. The van der Waals surface area contributed by atoms with Crippen LogP contribution in [0.1, 0.15) is 19.9 Å². The van der Waals surface area contributed by atoms with Crippen LogP contribution in [0.5, 0.6) is 11.5 Å². The van der Waals surface area contributed by atoms with E-state index in [-0.39, 0.29) is 17.5 Å². The topological polar surface area (TPSA) is 73.5 Å². The quantitative estimate of drug-likeness (QED) is 0.763. The SMILES string of the molecule is CC(C)n1cc(N2CCNCC2)c(-c2cc(Br)c(O)cc2O)n1. The zero-order valence-corrected chi connectivity index (χ0v) is 14.8. The summed E-state index contributed by atoms with van der Waals surface area (Å²) in [6, 6.07) is 3.28. The van der Waals surface area contributed by atoms with Gasteiger partial charge in [-0.1, -0.05) is 0 Å². The van der Waals surface area contributed by atoms with Gasteiger partial charge in [0.25, 0.3) is 0 Å². The molecular weight excluding hydrogens is 360 g/mol. The first-order valence-corrected chi connectivity index (χ1v) is 8.53. The van der Waals surface area contributed by atoms with Crippen molar-refractivity contribution in [2.24, 2.45) is 0 Å². The standard InChI is InChI=1S/C16H21BrN4O2/c1-10(2)21-9-13(20-5-3-18-4-6-20)16(19-21)11-7-12(17)15(23)8-14(11)22/h7-10,18,22-23H,3-6H2,1-2H3. The summed E-state index contributed by atoms with van der Waals surface area (Å²) in [7, 11) is 0. The molecule has 1 aromatic heterocycles. The number of halogens is 1. The molecule has 0 amide bonds. The van der Waals surface area contributed by atoms with Crippen molar-refractivity contribution in [3.05, 3.63) is 22.8 Å². The van der Waals surface area contributed by atoms with Gasteiger partial charge in [-0.3, -0.25) is 4.68 Å². The van der Waals surface area contributed by atoms with Crippen molar-refractivity contribution in [2.75, 3.05) is 31.1 Å². The molecule has 0 bridgehead atoms. The van der Waals surface area contributed by atoms with E-state index in [2.05, 4.69) is 45.1 Å². The van der Waals surface area contributed by atoms with E-state index in [1.165, 1.54) is 6.07 Å². The summed E-state index contributed by atoms with van der Waals surface area (Å²) in [5, 5.41) is 28.0. The van der Waals surface area contributed by atoms with Gasteiger partial charge in [0.05, 0.1) is 10.2 Å². The maximum Gasteiger partial charge on any atom is 0.133 e. The van der Waals surface area contributed by atoms with Crippen molar-refractivity contribution in [2.45, 2.75) is 19.9 Å². The first-order valence-electron chi connectivity index (χ1n) is 7.74. The van der Waals surface area contributed by atoms with Crippen LogP contribution in [0.15, 0.2) is 22.8 Å². The number of hydrogen-bond donors (Lipinski definition) is 3. The zero-order valence-electron chi connectivity index (χ0n) is 13.3. The Hall–Kier alpha value is -1.73. The van der Waals surface area contributed by atoms with E-state index in [1.807, 2.05) is 10.9 Å². The Balaban J connectivity index is 2.11. The minimum Gasteiger partial charge on any atom is -0.507 e. The van der Waals surface area contributed by atoms with Gasteiger partial charge in [0.1, 0.15) is 17.2 Å². The summed E-state index contributed by atoms with van der Waals surface area (Å²) in [5.41, 5.74) is 2.36. The molecule has 0 aliphatic carbocycles. The number of piperazine rings is 1. The summed E-state index contributed by atoms with van der Waals surface area (Å²) in [4.78, 5) is 2.28. The van der Waals surface area contributed by atoms with Crippen LogP contribution in [0.2, 0.25) is 0 Å². The molecule has 1 aromatic carbocycles. The van der Waals surface area contributed by atoms with E-state index < -0.39 is 0 Å². The molecule has 1 fully saturated rings. The van der Waals surface area contributed by atoms with Crippen LogP contribution >= 0.6 is 15.9 Å². The highest BCUT2D eigenvalue weighted by Gasteiger charge is 2.22. The fourth-order valence-corrected chi connectivity index (χ4v) is 3.06. The van der Waals surface area contributed by atoms with Crippen LogP contribution in [-0.4, -0.2) is 46.2 Å². The predicted octanol–water partition coefficient (Wildman–Crippen LogP) is 2.71. The van der Waals surface area contributed by atoms with Crippen molar-refractivity contribution in [1.82, 2.24) is 15.1 Å². The molecule has 0 atom stereocenters. The Morgan fingerprint density at radius 3 is 2.52 bits per heavy atom. The summed E-state index contributed by atoms with van der Waals surface area (Å²) in [5.74, 6) is 0.0364. The summed E-state index contributed by atoms with van der Waals surface area (Å²) < 4.78 is 2.45. The monoisotopic (exact) mass is 380 g/mol. The lowest BCUT2D eigenvalue weighted by Gasteiger charge is -2.29. The van der Waals surface area contributed by atoms with Gasteiger partial charge >= 0.3 is 0 Å². The highest BCUT2D eigenvalue weighted by atomic mass is 79.9. The molecule has 3 N–H and O–H groups in total. The Morgan fingerprint density at radius 1 is 1.17 bits per heavy atom. The summed E-state index contributed by atoms with van der Waals surface area (Å²) in [6.45, 7) is 7.80. The van der Waals surface area contributed by atoms with E-state index in [4.69, 9.17) is 0 Å². The van der Waals surface area contributed by atoms with Gasteiger partial charge in [0.15, 0.2) is 0 Å². The van der Waals surface area contributed by atoms with Crippen LogP contribution in [0.25, 0.3) is 11.3 Å². The lowest BCUT2D eigenvalue weighted by Crippen LogP contribution is -2.43. The summed E-state index contributed by atoms with van der Waals surface area (Å²) >= 11 is 3.31. The van der Waals surface area contributed by atoms with Crippen molar-refractivity contribution < 1.29 is 10.2 Å². The fourth-order valence-electron chi connectivity index (χ4n) is 2.72. The van der Waals surface area contributed by atoms with Gasteiger partial charge in [0, 0.05) is 50.0 Å². The summed E-state index contributed by atoms with van der Waals surface area (Å²) in [6.07, 6.45) is 2.03. The smallest absolute Gasteiger partial charge is 0.133 e. The number of nitrogens with one attached hydrogen (secondary N) is 1. The molecule has 3 rings (SSSR count). The van der Waals surface area contributed by atoms with Crippen LogP contribution in [0.4, 0.5) is 5.69 Å². The molecule has 1 aliphatic heterocycles. The molecule has 0 saturated carbocycles. The van der Waals surface area contributed by atoms with Crippen molar-refractivity contribution >= 4 is 21.6 Å². The fraction of sp³-hybridized carbons (Fsp3) is 0.438. The zero-order chi connectivity index (χ0) is 16.6. The molecule has 1 saturated heterocycles. The van der Waals surface area contributed by atoms with E-state index in [1.54, 1.807) is 6.07 Å². The van der Waals surface area contributed by atoms with Gasteiger partial charge in [-0.25, -0.2) is 0 Å². The van der Waals surface area contributed by atoms with Crippen LogP contribution in [0, 0.1) is 0 Å². The number of nitrogens with zero attached hydrogens (tertiary/aromatic N) is 3. The second-order valence-corrected chi connectivity index (χ2v) is 6.85. The van der Waals surface area contributed by atoms with Crippen molar-refractivity contribution in [3.8, 4) is 22.8 Å². The molecule has 2 heterocycles. The molecule has 0 unspecified atom stereocenters. The molecule has 23 heavy (non-hydrogen) atoms. The van der Waals surface area contributed by atoms with Gasteiger partial charge in [-0.15, -0.1) is 0 Å². The molecule has 7 heteroatoms. The minimum absolute atomic E-state index is 0.0123. The van der Waals surface area contributed by atoms with E-state index >= 15 is 0 Å². The lowest BCUT2D eigenvalue weighted by molar-refractivity contribution is 0.449. The van der Waals surface area contributed by atoms with Gasteiger partial charge < -0.3 is 20.4 Å². The van der Waals surface area contributed by atoms with Crippen molar-refractivity contribution in [3.63, 3.8) is 0 Å². The number of benzene rings is 1. The number of rotatable bonds is 3. The second kappa shape index (κ2) is 6.41. The Kier molecular flexibility index (Phi) is 4.50. The third kappa shape index (κ3) is 3.16. The third-order valence-electron chi connectivity index (χ3n) is 4.02. The van der Waals surface area contributed by atoms with Gasteiger partial charge in [-0.2, -0.15) is 5.10 Å². The highest BCUT2D eigenvalue weighted by Crippen LogP contribution is 2.40. The minimum atomic E-state index is 0.0123. The van der Waals surface area contributed by atoms with Gasteiger partial charge in [0.2, 0.25) is 0 Å². The predicted molar refractivity (Wildman–Crippen MR) is 94.2 cm³/mol. The Morgan fingerprint density at radius 2 is 1.87 bits per heavy atom. The Labute approximate surface area is 143 Å². The number of phenols is 2. The maximum atomic E-state index is 10.3. The van der Waals surface area contributed by atoms with Gasteiger partial charge in [-0.05, 0) is 35.8 Å². The highest BCUT2D eigenvalue weighted by molar-refractivity contribution is 9.10. The molecule has 0 spiro atoms. The van der Waals surface area contributed by atoms with E-state index in [0.717, 1.165) is 37.6 Å². The maximum absolute atomic E-state index is 10.3. The number of hydrogen-bond acceptors (Lipinski definition) is 5. The van der Waals surface area contributed by atoms with Crippen molar-refractivity contribution in [1.29, 1.82) is 0 Å². The lowest BCUT2D eigenvalue weighted by atomic mass is 10.1. The molecule has 6 nitrogen and oxygen atoms in total. The third-order valence-corrected chi connectivity index (χ3v) is 4.65. The largest absolute Gasteiger partial charge is 0.507 e. The normalized spacial score (nSPS) is 15.4. The molecule has 0 radical (unpaired) electrons. The number of phenolic OH excluding ortho intramolecular Hbond substituents is 2. The van der Waals surface area contributed by atoms with Crippen LogP contribution in [0.3, 0.4) is 0 Å². The molecule has 124 valence electrons. The first-order chi connectivity index (χ1) is 11.0.